The van der Waals surface area contributed by atoms with Crippen LogP contribution in [0.5, 0.6) is 0 Å². The van der Waals surface area contributed by atoms with E-state index in [1.54, 1.807) is 0 Å². The predicted octanol–water partition coefficient (Wildman–Crippen LogP) is 5.52. The van der Waals surface area contributed by atoms with Gasteiger partial charge >= 0.3 is 0 Å². The van der Waals surface area contributed by atoms with Gasteiger partial charge in [-0.05, 0) is 22.3 Å². The first kappa shape index (κ1) is 29.3. The minimum absolute atomic E-state index is 0.218. The van der Waals surface area contributed by atoms with E-state index in [9.17, 15) is 9.90 Å². The van der Waals surface area contributed by atoms with Gasteiger partial charge in [-0.1, -0.05) is 121 Å². The molecule has 4 atom stereocenters. The Morgan fingerprint density at radius 2 is 0.850 bits per heavy atom. The fourth-order valence-electron chi connectivity index (χ4n) is 4.33. The monoisotopic (exact) mass is 540 g/mol. The van der Waals surface area contributed by atoms with Gasteiger partial charge in [-0.2, -0.15) is 0 Å². The molecule has 0 spiro atoms. The van der Waals surface area contributed by atoms with Crippen LogP contribution in [-0.4, -0.2) is 42.4 Å². The largest absolute Gasteiger partial charge is 0.394 e. The Morgan fingerprint density at radius 1 is 0.500 bits per heavy atom. The number of ether oxygens (including phenoxy) is 4. The summed E-state index contributed by atoms with van der Waals surface area (Å²) in [5.41, 5.74) is 3.77. The standard InChI is InChI=1S/C34H36O6/c35-21-31(37-23-27-13-5-1-6-14-27)33(39-25-29-17-9-3-10-18-29)34(40-26-30-19-11-4-12-20-30)32(22-36)38-24-28-15-7-2-8-16-28/h1-21,31-34,36H,22-26H2/t31-,32-,33+,34+/m1/s1. The summed E-state index contributed by atoms with van der Waals surface area (Å²) in [6, 6.07) is 38.8. The normalized spacial score (nSPS) is 14.2. The van der Waals surface area contributed by atoms with Crippen molar-refractivity contribution >= 4 is 6.29 Å². The highest BCUT2D eigenvalue weighted by Gasteiger charge is 2.38. The molecule has 0 bridgehead atoms. The molecule has 0 amide bonds. The zero-order valence-electron chi connectivity index (χ0n) is 22.5. The summed E-state index contributed by atoms with van der Waals surface area (Å²) in [4.78, 5) is 12.5. The van der Waals surface area contributed by atoms with Crippen molar-refractivity contribution in [3.63, 3.8) is 0 Å². The second-order valence-corrected chi connectivity index (χ2v) is 9.44. The van der Waals surface area contributed by atoms with Crippen LogP contribution in [0.1, 0.15) is 22.3 Å². The van der Waals surface area contributed by atoms with Gasteiger partial charge in [0.1, 0.15) is 24.4 Å². The van der Waals surface area contributed by atoms with E-state index in [0.717, 1.165) is 28.5 Å². The molecule has 40 heavy (non-hydrogen) atoms. The maximum absolute atomic E-state index is 12.5. The molecular formula is C34H36O6. The molecule has 0 fully saturated rings. The van der Waals surface area contributed by atoms with E-state index in [0.29, 0.717) is 0 Å². The van der Waals surface area contributed by atoms with E-state index in [-0.39, 0.29) is 33.0 Å². The molecular weight excluding hydrogens is 504 g/mol. The van der Waals surface area contributed by atoms with Gasteiger partial charge in [0, 0.05) is 0 Å². The van der Waals surface area contributed by atoms with Gasteiger partial charge in [-0.3, -0.25) is 0 Å². The smallest absolute Gasteiger partial charge is 0.151 e. The highest BCUT2D eigenvalue weighted by atomic mass is 16.6. The Morgan fingerprint density at radius 3 is 1.23 bits per heavy atom. The molecule has 0 saturated heterocycles. The number of aliphatic hydroxyl groups is 1. The second-order valence-electron chi connectivity index (χ2n) is 9.44. The highest BCUT2D eigenvalue weighted by Crippen LogP contribution is 2.22. The van der Waals surface area contributed by atoms with Crippen LogP contribution in [0.4, 0.5) is 0 Å². The predicted molar refractivity (Wildman–Crippen MR) is 153 cm³/mol. The van der Waals surface area contributed by atoms with Crippen LogP contribution in [0.2, 0.25) is 0 Å². The molecule has 0 aliphatic rings. The number of hydrogen-bond donors (Lipinski definition) is 1. The van der Waals surface area contributed by atoms with Crippen LogP contribution in [0, 0.1) is 0 Å². The Bertz CT molecular complexity index is 1220. The Kier molecular flexibility index (Phi) is 12.1. The maximum atomic E-state index is 12.5. The quantitative estimate of drug-likeness (QED) is 0.178. The second kappa shape index (κ2) is 16.5. The third kappa shape index (κ3) is 9.23. The van der Waals surface area contributed by atoms with Crippen LogP contribution >= 0.6 is 0 Å². The van der Waals surface area contributed by atoms with Crippen LogP contribution in [0.3, 0.4) is 0 Å². The molecule has 0 aliphatic heterocycles. The van der Waals surface area contributed by atoms with Crippen molar-refractivity contribution in [1.82, 2.24) is 0 Å². The molecule has 6 nitrogen and oxygen atoms in total. The molecule has 0 radical (unpaired) electrons. The number of rotatable bonds is 17. The lowest BCUT2D eigenvalue weighted by atomic mass is 10.0. The fraction of sp³-hybridized carbons (Fsp3) is 0.265. The summed E-state index contributed by atoms with van der Waals surface area (Å²) in [6.07, 6.45) is -2.70. The number of carbonyl (C=O) groups excluding carboxylic acids is 1. The van der Waals surface area contributed by atoms with Gasteiger partial charge in [-0.25, -0.2) is 0 Å². The topological polar surface area (TPSA) is 74.2 Å². The van der Waals surface area contributed by atoms with Crippen molar-refractivity contribution in [2.75, 3.05) is 6.61 Å². The van der Waals surface area contributed by atoms with Crippen molar-refractivity contribution in [2.24, 2.45) is 0 Å². The molecule has 0 aliphatic carbocycles. The lowest BCUT2D eigenvalue weighted by molar-refractivity contribution is -0.194. The highest BCUT2D eigenvalue weighted by molar-refractivity contribution is 5.57. The van der Waals surface area contributed by atoms with Gasteiger partial charge in [0.15, 0.2) is 6.29 Å². The van der Waals surface area contributed by atoms with E-state index in [1.165, 1.54) is 0 Å². The summed E-state index contributed by atoms with van der Waals surface area (Å²) >= 11 is 0. The lowest BCUT2D eigenvalue weighted by Gasteiger charge is -2.35. The molecule has 4 aromatic carbocycles. The van der Waals surface area contributed by atoms with E-state index >= 15 is 0 Å². The first-order chi connectivity index (χ1) is 19.8. The zero-order valence-corrected chi connectivity index (χ0v) is 22.5. The molecule has 4 aromatic rings. The van der Waals surface area contributed by atoms with Gasteiger partial charge < -0.3 is 28.8 Å². The first-order valence-corrected chi connectivity index (χ1v) is 13.4. The van der Waals surface area contributed by atoms with Crippen LogP contribution in [0.25, 0.3) is 0 Å². The van der Waals surface area contributed by atoms with Gasteiger partial charge in [0.25, 0.3) is 0 Å². The Labute approximate surface area is 236 Å². The number of carbonyl (C=O) groups is 1. The van der Waals surface area contributed by atoms with E-state index in [4.69, 9.17) is 18.9 Å². The van der Waals surface area contributed by atoms with Crippen LogP contribution < -0.4 is 0 Å². The average molecular weight is 541 g/mol. The minimum atomic E-state index is -0.973. The van der Waals surface area contributed by atoms with Gasteiger partial charge in [0.2, 0.25) is 0 Å². The van der Waals surface area contributed by atoms with E-state index in [1.807, 2.05) is 121 Å². The molecule has 0 heterocycles. The van der Waals surface area contributed by atoms with Gasteiger partial charge in [0.05, 0.1) is 33.0 Å². The van der Waals surface area contributed by atoms with Crippen LogP contribution in [0.15, 0.2) is 121 Å². The summed E-state index contributed by atoms with van der Waals surface area (Å²) in [5, 5.41) is 10.5. The average Bonchev–Trinajstić information content (AvgIpc) is 3.02. The maximum Gasteiger partial charge on any atom is 0.151 e. The number of aliphatic hydroxyl groups excluding tert-OH is 1. The molecule has 6 heteroatoms. The third-order valence-corrected chi connectivity index (χ3v) is 6.49. The molecule has 0 unspecified atom stereocenters. The number of aldehydes is 1. The van der Waals surface area contributed by atoms with Crippen molar-refractivity contribution in [1.29, 1.82) is 0 Å². The SMILES string of the molecule is O=C[C@@H](OCc1ccccc1)[C@H](OCc1ccccc1)[C@@H](OCc1ccccc1)[C@@H](CO)OCc1ccccc1. The van der Waals surface area contributed by atoms with Gasteiger partial charge in [-0.15, -0.1) is 0 Å². The number of benzene rings is 4. The first-order valence-electron chi connectivity index (χ1n) is 13.4. The molecule has 0 saturated carbocycles. The minimum Gasteiger partial charge on any atom is -0.394 e. The van der Waals surface area contributed by atoms with Crippen molar-refractivity contribution in [2.45, 2.75) is 50.8 Å². The van der Waals surface area contributed by atoms with Crippen molar-refractivity contribution in [3.8, 4) is 0 Å². The summed E-state index contributed by atoms with van der Waals surface area (Å²) in [6.45, 7) is 0.620. The third-order valence-electron chi connectivity index (χ3n) is 6.49. The summed E-state index contributed by atoms with van der Waals surface area (Å²) < 4.78 is 25.1. The molecule has 0 aromatic heterocycles. The van der Waals surface area contributed by atoms with E-state index in [2.05, 4.69) is 0 Å². The zero-order chi connectivity index (χ0) is 27.8. The Hall–Kier alpha value is -3.65. The lowest BCUT2D eigenvalue weighted by Crippen LogP contribution is -2.51. The number of hydrogen-bond acceptors (Lipinski definition) is 6. The molecule has 4 rings (SSSR count). The fourth-order valence-corrected chi connectivity index (χ4v) is 4.33. The summed E-state index contributed by atoms with van der Waals surface area (Å²) in [5.74, 6) is 0. The molecule has 1 N–H and O–H groups in total. The van der Waals surface area contributed by atoms with Crippen molar-refractivity contribution in [3.05, 3.63) is 144 Å². The molecule has 208 valence electrons. The Balaban J connectivity index is 1.60. The van der Waals surface area contributed by atoms with Crippen molar-refractivity contribution < 1.29 is 28.8 Å². The van der Waals surface area contributed by atoms with Crippen LogP contribution in [-0.2, 0) is 50.2 Å². The van der Waals surface area contributed by atoms with E-state index < -0.39 is 24.4 Å². The summed E-state index contributed by atoms with van der Waals surface area (Å²) in [7, 11) is 0.